The van der Waals surface area contributed by atoms with E-state index in [2.05, 4.69) is 22.3 Å². The molecular formula is C13H26N4. The van der Waals surface area contributed by atoms with Crippen molar-refractivity contribution in [3.8, 4) is 0 Å². The molecule has 0 fully saturated rings. The Balaban J connectivity index is 2.01. The summed E-state index contributed by atoms with van der Waals surface area (Å²) in [4.78, 5) is 4.23. The first-order chi connectivity index (χ1) is 8.36. The minimum Gasteiger partial charge on any atom is -0.313 e. The molecule has 1 aromatic heterocycles. The van der Waals surface area contributed by atoms with E-state index in [0.29, 0.717) is 0 Å². The summed E-state index contributed by atoms with van der Waals surface area (Å²) in [6, 6.07) is 0. The van der Waals surface area contributed by atoms with Crippen LogP contribution in [0.2, 0.25) is 0 Å². The third-order valence-electron chi connectivity index (χ3n) is 2.91. The van der Waals surface area contributed by atoms with Gasteiger partial charge in [0.05, 0.1) is 6.54 Å². The number of aryl methyl sites for hydroxylation is 1. The Morgan fingerprint density at radius 2 is 1.82 bits per heavy atom. The summed E-state index contributed by atoms with van der Waals surface area (Å²) in [6.45, 7) is 4.02. The first-order valence-corrected chi connectivity index (χ1v) is 6.89. The highest BCUT2D eigenvalue weighted by Crippen LogP contribution is 2.07. The molecule has 0 spiro atoms. The Morgan fingerprint density at radius 1 is 1.12 bits per heavy atom. The number of nitrogens with zero attached hydrogens (tertiary/aromatic N) is 3. The van der Waals surface area contributed by atoms with Crippen LogP contribution >= 0.6 is 0 Å². The lowest BCUT2D eigenvalue weighted by atomic mass is 10.1. The minimum absolute atomic E-state index is 0.754. The molecule has 17 heavy (non-hydrogen) atoms. The lowest BCUT2D eigenvalue weighted by molar-refractivity contribution is 0.518. The molecule has 1 N–H and O–H groups in total. The van der Waals surface area contributed by atoms with Crippen molar-refractivity contribution >= 4 is 0 Å². The quantitative estimate of drug-likeness (QED) is 0.637. The molecule has 0 aromatic carbocycles. The molecule has 0 aliphatic heterocycles. The molecule has 0 bridgehead atoms. The predicted octanol–water partition coefficient (Wildman–Crippen LogP) is 2.75. The van der Waals surface area contributed by atoms with Gasteiger partial charge in [0.1, 0.15) is 6.33 Å². The standard InChI is InChI=1S/C13H26N4/c1-3-4-5-6-7-8-9-10-17-12-15-13(16-17)11-14-2/h12,14H,3-11H2,1-2H3. The third-order valence-corrected chi connectivity index (χ3v) is 2.91. The van der Waals surface area contributed by atoms with Crippen molar-refractivity contribution in [2.75, 3.05) is 7.05 Å². The number of hydrogen-bond donors (Lipinski definition) is 1. The Kier molecular flexibility index (Phi) is 7.63. The van der Waals surface area contributed by atoms with Crippen LogP contribution in [0.25, 0.3) is 0 Å². The van der Waals surface area contributed by atoms with Crippen molar-refractivity contribution < 1.29 is 0 Å². The second-order valence-electron chi connectivity index (χ2n) is 4.58. The second-order valence-corrected chi connectivity index (χ2v) is 4.58. The molecule has 0 radical (unpaired) electrons. The molecule has 0 saturated heterocycles. The van der Waals surface area contributed by atoms with Gasteiger partial charge in [0.15, 0.2) is 5.82 Å². The van der Waals surface area contributed by atoms with Gasteiger partial charge in [0.25, 0.3) is 0 Å². The highest BCUT2D eigenvalue weighted by Gasteiger charge is 1.98. The summed E-state index contributed by atoms with van der Waals surface area (Å²) in [5, 5.41) is 7.45. The zero-order chi connectivity index (χ0) is 12.3. The lowest BCUT2D eigenvalue weighted by Gasteiger charge is -2.01. The van der Waals surface area contributed by atoms with E-state index >= 15 is 0 Å². The van der Waals surface area contributed by atoms with Crippen LogP contribution in [0.5, 0.6) is 0 Å². The van der Waals surface area contributed by atoms with Gasteiger partial charge in [-0.15, -0.1) is 0 Å². The van der Waals surface area contributed by atoms with Crippen LogP contribution < -0.4 is 5.32 Å². The highest BCUT2D eigenvalue weighted by molar-refractivity contribution is 4.79. The highest BCUT2D eigenvalue weighted by atomic mass is 15.3. The summed E-state index contributed by atoms with van der Waals surface area (Å²) < 4.78 is 1.96. The molecule has 0 atom stereocenters. The average molecular weight is 238 g/mol. The topological polar surface area (TPSA) is 42.7 Å². The van der Waals surface area contributed by atoms with Crippen molar-refractivity contribution in [1.29, 1.82) is 0 Å². The zero-order valence-corrected chi connectivity index (χ0v) is 11.3. The maximum Gasteiger partial charge on any atom is 0.164 e. The van der Waals surface area contributed by atoms with Crippen LogP contribution in [-0.2, 0) is 13.1 Å². The number of rotatable bonds is 10. The number of aromatic nitrogens is 3. The molecule has 0 saturated carbocycles. The molecule has 1 aromatic rings. The largest absolute Gasteiger partial charge is 0.313 e. The smallest absolute Gasteiger partial charge is 0.164 e. The fraction of sp³-hybridized carbons (Fsp3) is 0.846. The SMILES string of the molecule is CCCCCCCCCn1cnc(CNC)n1. The Hall–Kier alpha value is -0.900. The van der Waals surface area contributed by atoms with E-state index in [1.54, 1.807) is 0 Å². The normalized spacial score (nSPS) is 10.9. The van der Waals surface area contributed by atoms with Crippen molar-refractivity contribution in [2.24, 2.45) is 0 Å². The molecule has 98 valence electrons. The van der Waals surface area contributed by atoms with Gasteiger partial charge in [0, 0.05) is 6.54 Å². The van der Waals surface area contributed by atoms with Gasteiger partial charge in [-0.2, -0.15) is 5.10 Å². The Morgan fingerprint density at radius 3 is 2.53 bits per heavy atom. The average Bonchev–Trinajstić information content (AvgIpc) is 2.76. The summed E-state index contributed by atoms with van der Waals surface area (Å²) >= 11 is 0. The van der Waals surface area contributed by atoms with Crippen LogP contribution in [0.3, 0.4) is 0 Å². The van der Waals surface area contributed by atoms with Gasteiger partial charge in [-0.05, 0) is 13.5 Å². The first kappa shape index (κ1) is 14.2. The minimum atomic E-state index is 0.754. The second kappa shape index (κ2) is 9.16. The molecule has 4 nitrogen and oxygen atoms in total. The molecule has 1 rings (SSSR count). The van der Waals surface area contributed by atoms with Gasteiger partial charge in [-0.3, -0.25) is 4.68 Å². The van der Waals surface area contributed by atoms with Gasteiger partial charge in [-0.1, -0.05) is 45.4 Å². The van der Waals surface area contributed by atoms with Gasteiger partial charge < -0.3 is 5.32 Å². The van der Waals surface area contributed by atoms with Gasteiger partial charge in [-0.25, -0.2) is 4.98 Å². The van der Waals surface area contributed by atoms with Crippen LogP contribution in [0.1, 0.15) is 57.7 Å². The maximum atomic E-state index is 4.39. The van der Waals surface area contributed by atoms with Crippen molar-refractivity contribution in [1.82, 2.24) is 20.1 Å². The monoisotopic (exact) mass is 238 g/mol. The summed E-state index contributed by atoms with van der Waals surface area (Å²) in [7, 11) is 1.91. The van der Waals surface area contributed by atoms with Crippen molar-refractivity contribution in [3.05, 3.63) is 12.2 Å². The molecule has 0 unspecified atom stereocenters. The van der Waals surface area contributed by atoms with E-state index in [-0.39, 0.29) is 0 Å². The molecule has 0 aliphatic carbocycles. The third kappa shape index (κ3) is 6.41. The van der Waals surface area contributed by atoms with Gasteiger partial charge in [0.2, 0.25) is 0 Å². The molecule has 0 amide bonds. The lowest BCUT2D eigenvalue weighted by Crippen LogP contribution is -2.07. The molecule has 4 heteroatoms. The van der Waals surface area contributed by atoms with E-state index in [0.717, 1.165) is 18.9 Å². The Labute approximate surface area is 105 Å². The Bertz CT molecular complexity index is 283. The van der Waals surface area contributed by atoms with Crippen LogP contribution in [0.4, 0.5) is 0 Å². The van der Waals surface area contributed by atoms with E-state index in [9.17, 15) is 0 Å². The summed E-state index contributed by atoms with van der Waals surface area (Å²) in [6.07, 6.45) is 11.2. The van der Waals surface area contributed by atoms with E-state index in [4.69, 9.17) is 0 Å². The van der Waals surface area contributed by atoms with Crippen LogP contribution in [-0.4, -0.2) is 21.8 Å². The van der Waals surface area contributed by atoms with E-state index in [1.165, 1.54) is 44.9 Å². The van der Waals surface area contributed by atoms with Crippen LogP contribution in [0, 0.1) is 0 Å². The fourth-order valence-corrected chi connectivity index (χ4v) is 1.91. The van der Waals surface area contributed by atoms with Crippen molar-refractivity contribution in [3.63, 3.8) is 0 Å². The van der Waals surface area contributed by atoms with Crippen molar-refractivity contribution in [2.45, 2.75) is 65.0 Å². The zero-order valence-electron chi connectivity index (χ0n) is 11.3. The van der Waals surface area contributed by atoms with E-state index < -0.39 is 0 Å². The summed E-state index contributed by atoms with van der Waals surface area (Å²) in [5.41, 5.74) is 0. The first-order valence-electron chi connectivity index (χ1n) is 6.89. The number of hydrogen-bond acceptors (Lipinski definition) is 3. The fourth-order valence-electron chi connectivity index (χ4n) is 1.91. The number of unbranched alkanes of at least 4 members (excludes halogenated alkanes) is 6. The maximum absolute atomic E-state index is 4.39. The predicted molar refractivity (Wildman–Crippen MR) is 70.8 cm³/mol. The molecular weight excluding hydrogens is 212 g/mol. The summed E-state index contributed by atoms with van der Waals surface area (Å²) in [5.74, 6) is 0.885. The molecule has 0 aliphatic rings. The van der Waals surface area contributed by atoms with E-state index in [1.807, 2.05) is 18.1 Å². The number of nitrogens with one attached hydrogen (secondary N) is 1. The van der Waals surface area contributed by atoms with Crippen LogP contribution in [0.15, 0.2) is 6.33 Å². The molecule has 1 heterocycles. The van der Waals surface area contributed by atoms with Gasteiger partial charge >= 0.3 is 0 Å².